The van der Waals surface area contributed by atoms with Crippen molar-refractivity contribution >= 4 is 22.4 Å². The van der Waals surface area contributed by atoms with Crippen molar-refractivity contribution in [1.82, 2.24) is 14.1 Å². The molecule has 1 rings (SSSR count). The van der Waals surface area contributed by atoms with Crippen LogP contribution in [0, 0.1) is 0 Å². The van der Waals surface area contributed by atoms with Crippen molar-refractivity contribution in [3.63, 3.8) is 0 Å². The number of aromatic nitrogens is 2. The van der Waals surface area contributed by atoms with Gasteiger partial charge in [0.25, 0.3) is 0 Å². The number of hydrogen-bond donors (Lipinski definition) is 1. The van der Waals surface area contributed by atoms with Crippen LogP contribution in [0.15, 0.2) is 4.90 Å². The Morgan fingerprint density at radius 2 is 1.90 bits per heavy atom. The minimum absolute atomic E-state index is 0. The van der Waals surface area contributed by atoms with Crippen molar-refractivity contribution in [2.45, 2.75) is 38.0 Å². The second kappa shape index (κ2) is 7.97. The zero-order valence-electron chi connectivity index (χ0n) is 12.6. The standard InChI is InChI=1S/C12H24N4O2S.ClH/c1-5-10-12(11(6-2)16(4)14-10)19(17,18)15(3)9-7-8-13;/h5-9,13H2,1-4H3;1H. The first-order valence-corrected chi connectivity index (χ1v) is 8.05. The van der Waals surface area contributed by atoms with Gasteiger partial charge in [-0.1, -0.05) is 13.8 Å². The molecule has 1 aromatic heterocycles. The van der Waals surface area contributed by atoms with E-state index in [1.807, 2.05) is 13.8 Å². The molecular formula is C12H25ClN4O2S. The van der Waals surface area contributed by atoms with Crippen LogP contribution in [0.2, 0.25) is 0 Å². The fraction of sp³-hybridized carbons (Fsp3) is 0.750. The molecule has 0 amide bonds. The lowest BCUT2D eigenvalue weighted by atomic mass is 10.2. The maximum atomic E-state index is 12.6. The third-order valence-electron chi connectivity index (χ3n) is 3.20. The lowest BCUT2D eigenvalue weighted by Crippen LogP contribution is -2.30. The summed E-state index contributed by atoms with van der Waals surface area (Å²) < 4.78 is 28.3. The summed E-state index contributed by atoms with van der Waals surface area (Å²) >= 11 is 0. The van der Waals surface area contributed by atoms with Crippen LogP contribution >= 0.6 is 12.4 Å². The molecule has 0 spiro atoms. The average Bonchev–Trinajstić information content (AvgIpc) is 2.72. The van der Waals surface area contributed by atoms with E-state index in [4.69, 9.17) is 5.73 Å². The monoisotopic (exact) mass is 324 g/mol. The van der Waals surface area contributed by atoms with Crippen LogP contribution in [-0.2, 0) is 29.9 Å². The van der Waals surface area contributed by atoms with Gasteiger partial charge in [-0.25, -0.2) is 12.7 Å². The molecule has 0 aliphatic carbocycles. The third-order valence-corrected chi connectivity index (χ3v) is 5.19. The third kappa shape index (κ3) is 3.72. The molecule has 0 aliphatic rings. The highest BCUT2D eigenvalue weighted by atomic mass is 35.5. The predicted molar refractivity (Wildman–Crippen MR) is 82.7 cm³/mol. The molecule has 20 heavy (non-hydrogen) atoms. The van der Waals surface area contributed by atoms with Crippen molar-refractivity contribution in [3.8, 4) is 0 Å². The molecule has 1 aromatic rings. The Morgan fingerprint density at radius 3 is 2.35 bits per heavy atom. The lowest BCUT2D eigenvalue weighted by Gasteiger charge is -2.17. The first kappa shape index (κ1) is 19.4. The normalized spacial score (nSPS) is 11.7. The molecule has 0 saturated carbocycles. The first-order chi connectivity index (χ1) is 8.89. The molecule has 0 aromatic carbocycles. The molecule has 0 fully saturated rings. The number of aryl methyl sites for hydroxylation is 2. The van der Waals surface area contributed by atoms with E-state index >= 15 is 0 Å². The zero-order chi connectivity index (χ0) is 14.6. The van der Waals surface area contributed by atoms with E-state index in [0.29, 0.717) is 42.9 Å². The van der Waals surface area contributed by atoms with Gasteiger partial charge in [0, 0.05) is 20.6 Å². The Bertz CT molecular complexity index is 528. The van der Waals surface area contributed by atoms with Crippen LogP contribution in [-0.4, -0.2) is 42.6 Å². The maximum absolute atomic E-state index is 12.6. The maximum Gasteiger partial charge on any atom is 0.246 e. The minimum Gasteiger partial charge on any atom is -0.330 e. The number of nitrogens with two attached hydrogens (primary N) is 1. The molecule has 0 aliphatic heterocycles. The molecule has 2 N–H and O–H groups in total. The first-order valence-electron chi connectivity index (χ1n) is 6.61. The molecule has 118 valence electrons. The van der Waals surface area contributed by atoms with Crippen LogP contribution in [0.1, 0.15) is 31.7 Å². The van der Waals surface area contributed by atoms with Crippen LogP contribution in [0.3, 0.4) is 0 Å². The van der Waals surface area contributed by atoms with Gasteiger partial charge >= 0.3 is 0 Å². The highest BCUT2D eigenvalue weighted by Crippen LogP contribution is 2.24. The number of nitrogens with zero attached hydrogens (tertiary/aromatic N) is 3. The SMILES string of the molecule is CCc1nn(C)c(CC)c1S(=O)(=O)N(C)CCCN.Cl. The van der Waals surface area contributed by atoms with Crippen molar-refractivity contribution in [3.05, 3.63) is 11.4 Å². The summed E-state index contributed by atoms with van der Waals surface area (Å²) in [6.07, 6.45) is 1.90. The zero-order valence-corrected chi connectivity index (χ0v) is 14.2. The number of hydrogen-bond acceptors (Lipinski definition) is 4. The number of rotatable bonds is 7. The second-order valence-electron chi connectivity index (χ2n) is 4.52. The summed E-state index contributed by atoms with van der Waals surface area (Å²) in [5.41, 5.74) is 6.84. The van der Waals surface area contributed by atoms with Crippen LogP contribution in [0.25, 0.3) is 0 Å². The van der Waals surface area contributed by atoms with E-state index < -0.39 is 10.0 Å². The Kier molecular flexibility index (Phi) is 7.72. The fourth-order valence-corrected chi connectivity index (χ4v) is 3.85. The van der Waals surface area contributed by atoms with Crippen molar-refractivity contribution in [1.29, 1.82) is 0 Å². The molecule has 0 radical (unpaired) electrons. The molecule has 0 saturated heterocycles. The molecule has 8 heteroatoms. The van der Waals surface area contributed by atoms with Gasteiger partial charge in [-0.3, -0.25) is 4.68 Å². The molecule has 0 bridgehead atoms. The van der Waals surface area contributed by atoms with Gasteiger partial charge in [-0.15, -0.1) is 12.4 Å². The summed E-state index contributed by atoms with van der Waals surface area (Å²) in [7, 11) is -0.0988. The smallest absolute Gasteiger partial charge is 0.246 e. The molecule has 1 heterocycles. The summed E-state index contributed by atoms with van der Waals surface area (Å²) in [6.45, 7) is 4.77. The highest BCUT2D eigenvalue weighted by Gasteiger charge is 2.29. The van der Waals surface area contributed by atoms with Gasteiger partial charge in [0.05, 0.1) is 11.4 Å². The lowest BCUT2D eigenvalue weighted by molar-refractivity contribution is 0.462. The second-order valence-corrected chi connectivity index (χ2v) is 6.50. The van der Waals surface area contributed by atoms with Crippen molar-refractivity contribution < 1.29 is 8.42 Å². The topological polar surface area (TPSA) is 81.2 Å². The van der Waals surface area contributed by atoms with Gasteiger partial charge in [-0.2, -0.15) is 5.10 Å². The van der Waals surface area contributed by atoms with Gasteiger partial charge in [0.1, 0.15) is 4.90 Å². The van der Waals surface area contributed by atoms with E-state index in [1.54, 1.807) is 18.8 Å². The van der Waals surface area contributed by atoms with E-state index in [2.05, 4.69) is 5.10 Å². The summed E-state index contributed by atoms with van der Waals surface area (Å²) in [6, 6.07) is 0. The van der Waals surface area contributed by atoms with Gasteiger partial charge in [0.15, 0.2) is 0 Å². The minimum atomic E-state index is -3.48. The Balaban J connectivity index is 0.00000361. The summed E-state index contributed by atoms with van der Waals surface area (Å²) in [4.78, 5) is 0.375. The Hall–Kier alpha value is -0.630. The predicted octanol–water partition coefficient (Wildman–Crippen LogP) is 0.936. The molecular weight excluding hydrogens is 300 g/mol. The van der Waals surface area contributed by atoms with Gasteiger partial charge < -0.3 is 5.73 Å². The van der Waals surface area contributed by atoms with Crippen LogP contribution < -0.4 is 5.73 Å². The Morgan fingerprint density at radius 1 is 1.30 bits per heavy atom. The van der Waals surface area contributed by atoms with Crippen LogP contribution in [0.5, 0.6) is 0 Å². The highest BCUT2D eigenvalue weighted by molar-refractivity contribution is 7.89. The van der Waals surface area contributed by atoms with E-state index in [-0.39, 0.29) is 12.4 Å². The Labute approximate surface area is 127 Å². The van der Waals surface area contributed by atoms with Gasteiger partial charge in [-0.05, 0) is 25.8 Å². The van der Waals surface area contributed by atoms with Gasteiger partial charge in [0.2, 0.25) is 10.0 Å². The van der Waals surface area contributed by atoms with E-state index in [9.17, 15) is 8.42 Å². The largest absolute Gasteiger partial charge is 0.330 e. The van der Waals surface area contributed by atoms with E-state index in [1.165, 1.54) is 4.31 Å². The molecule has 0 unspecified atom stereocenters. The van der Waals surface area contributed by atoms with E-state index in [0.717, 1.165) is 5.69 Å². The van der Waals surface area contributed by atoms with Crippen LogP contribution in [0.4, 0.5) is 0 Å². The quantitative estimate of drug-likeness (QED) is 0.809. The molecule has 6 nitrogen and oxygen atoms in total. The molecule has 0 atom stereocenters. The van der Waals surface area contributed by atoms with Crippen molar-refractivity contribution in [2.75, 3.05) is 20.1 Å². The summed E-state index contributed by atoms with van der Waals surface area (Å²) in [5.74, 6) is 0. The number of sulfonamides is 1. The average molecular weight is 325 g/mol. The fourth-order valence-electron chi connectivity index (χ4n) is 2.11. The number of halogens is 1. The van der Waals surface area contributed by atoms with Crippen molar-refractivity contribution in [2.24, 2.45) is 12.8 Å². The summed E-state index contributed by atoms with van der Waals surface area (Å²) in [5, 5.41) is 4.32.